The highest BCUT2D eigenvalue weighted by molar-refractivity contribution is 6.34. The number of amidine groups is 1. The summed E-state index contributed by atoms with van der Waals surface area (Å²) in [7, 11) is 0. The monoisotopic (exact) mass is 279 g/mol. The first-order valence-electron chi connectivity index (χ1n) is 7.01. The summed E-state index contributed by atoms with van der Waals surface area (Å²) in [6.45, 7) is 4.32. The van der Waals surface area contributed by atoms with Crippen LogP contribution >= 0.6 is 11.6 Å². The van der Waals surface area contributed by atoms with Gasteiger partial charge in [-0.1, -0.05) is 31.0 Å². The molecule has 0 saturated carbocycles. The molecule has 1 unspecified atom stereocenters. The van der Waals surface area contributed by atoms with E-state index in [1.165, 1.54) is 25.7 Å². The van der Waals surface area contributed by atoms with E-state index in [-0.39, 0.29) is 5.84 Å². The number of nitrogens with one attached hydrogen (secondary N) is 1. The zero-order chi connectivity index (χ0) is 13.8. The van der Waals surface area contributed by atoms with Gasteiger partial charge in [0, 0.05) is 18.8 Å². The Labute approximate surface area is 120 Å². The van der Waals surface area contributed by atoms with E-state index >= 15 is 0 Å². The zero-order valence-electron chi connectivity index (χ0n) is 11.5. The zero-order valence-corrected chi connectivity index (χ0v) is 12.2. The van der Waals surface area contributed by atoms with Crippen LogP contribution in [0.15, 0.2) is 18.2 Å². The summed E-state index contributed by atoms with van der Waals surface area (Å²) in [5.41, 5.74) is 7.38. The van der Waals surface area contributed by atoms with Crippen LogP contribution < -0.4 is 10.6 Å². The molecule has 0 amide bonds. The van der Waals surface area contributed by atoms with Gasteiger partial charge in [0.05, 0.1) is 10.6 Å². The second-order valence-electron chi connectivity index (χ2n) is 5.24. The van der Waals surface area contributed by atoms with Gasteiger partial charge in [0.25, 0.3) is 0 Å². The molecule has 1 atom stereocenters. The standard InChI is InChI=1S/C15H22ClN3/c1-2-11-5-4-9-19(10-8-11)13-7-3-6-12(16)14(13)15(17)18/h3,6-7,11H,2,4-5,8-10H2,1H3,(H3,17,18). The molecule has 1 aromatic rings. The molecule has 3 nitrogen and oxygen atoms in total. The second-order valence-corrected chi connectivity index (χ2v) is 5.65. The van der Waals surface area contributed by atoms with Crippen molar-refractivity contribution in [2.75, 3.05) is 18.0 Å². The average molecular weight is 280 g/mol. The highest BCUT2D eigenvalue weighted by Crippen LogP contribution is 2.30. The Morgan fingerprint density at radius 2 is 2.21 bits per heavy atom. The summed E-state index contributed by atoms with van der Waals surface area (Å²) in [4.78, 5) is 2.33. The predicted molar refractivity (Wildman–Crippen MR) is 82.3 cm³/mol. The number of rotatable bonds is 3. The number of hydrogen-bond acceptors (Lipinski definition) is 2. The number of anilines is 1. The van der Waals surface area contributed by atoms with Crippen LogP contribution in [-0.4, -0.2) is 18.9 Å². The quantitative estimate of drug-likeness (QED) is 0.656. The van der Waals surface area contributed by atoms with Gasteiger partial charge in [-0.3, -0.25) is 5.41 Å². The van der Waals surface area contributed by atoms with Crippen LogP contribution in [0.25, 0.3) is 0 Å². The Bertz CT molecular complexity index is 459. The van der Waals surface area contributed by atoms with Crippen molar-refractivity contribution in [2.24, 2.45) is 11.7 Å². The van der Waals surface area contributed by atoms with Gasteiger partial charge >= 0.3 is 0 Å². The Balaban J connectivity index is 2.26. The lowest BCUT2D eigenvalue weighted by molar-refractivity contribution is 0.459. The van der Waals surface area contributed by atoms with E-state index in [4.69, 9.17) is 22.7 Å². The molecule has 0 bridgehead atoms. The fraction of sp³-hybridized carbons (Fsp3) is 0.533. The van der Waals surface area contributed by atoms with Crippen LogP contribution in [0.3, 0.4) is 0 Å². The third-order valence-corrected chi connectivity index (χ3v) is 4.34. The molecule has 0 aromatic heterocycles. The first-order chi connectivity index (χ1) is 9.13. The maximum absolute atomic E-state index is 7.73. The smallest absolute Gasteiger partial charge is 0.126 e. The summed E-state index contributed by atoms with van der Waals surface area (Å²) in [6, 6.07) is 5.76. The van der Waals surface area contributed by atoms with Crippen LogP contribution in [0.2, 0.25) is 5.02 Å². The first kappa shape index (κ1) is 14.2. The number of halogens is 1. The average Bonchev–Trinajstić information content (AvgIpc) is 2.63. The molecular formula is C15H22ClN3. The molecule has 1 aliphatic rings. The molecular weight excluding hydrogens is 258 g/mol. The second kappa shape index (κ2) is 6.29. The molecule has 1 aromatic carbocycles. The normalized spacial score (nSPS) is 20.1. The van der Waals surface area contributed by atoms with Crippen molar-refractivity contribution >= 4 is 23.1 Å². The van der Waals surface area contributed by atoms with E-state index in [0.717, 1.165) is 24.7 Å². The lowest BCUT2D eigenvalue weighted by Crippen LogP contribution is -2.27. The number of benzene rings is 1. The third-order valence-electron chi connectivity index (χ3n) is 4.03. The lowest BCUT2D eigenvalue weighted by Gasteiger charge is -2.25. The van der Waals surface area contributed by atoms with Crippen molar-refractivity contribution < 1.29 is 0 Å². The molecule has 0 radical (unpaired) electrons. The summed E-state index contributed by atoms with van der Waals surface area (Å²) >= 11 is 6.19. The van der Waals surface area contributed by atoms with E-state index in [2.05, 4.69) is 11.8 Å². The molecule has 0 spiro atoms. The summed E-state index contributed by atoms with van der Waals surface area (Å²) in [5, 5.41) is 8.30. The minimum Gasteiger partial charge on any atom is -0.384 e. The fourth-order valence-electron chi connectivity index (χ4n) is 2.86. The van der Waals surface area contributed by atoms with Crippen molar-refractivity contribution in [1.29, 1.82) is 5.41 Å². The Kier molecular flexibility index (Phi) is 4.70. The van der Waals surface area contributed by atoms with E-state index in [9.17, 15) is 0 Å². The molecule has 1 fully saturated rings. The van der Waals surface area contributed by atoms with Crippen molar-refractivity contribution in [2.45, 2.75) is 32.6 Å². The Morgan fingerprint density at radius 1 is 1.42 bits per heavy atom. The molecule has 3 N–H and O–H groups in total. The molecule has 0 aliphatic carbocycles. The molecule has 19 heavy (non-hydrogen) atoms. The van der Waals surface area contributed by atoms with Gasteiger partial charge in [0.2, 0.25) is 0 Å². The molecule has 1 saturated heterocycles. The predicted octanol–water partition coefficient (Wildman–Crippen LogP) is 3.64. The van der Waals surface area contributed by atoms with Gasteiger partial charge in [0.1, 0.15) is 5.84 Å². The van der Waals surface area contributed by atoms with Gasteiger partial charge in [-0.15, -0.1) is 0 Å². The molecule has 1 heterocycles. The highest BCUT2D eigenvalue weighted by Gasteiger charge is 2.20. The summed E-state index contributed by atoms with van der Waals surface area (Å²) in [6.07, 6.45) is 4.95. The number of nitrogens with zero attached hydrogens (tertiary/aromatic N) is 1. The van der Waals surface area contributed by atoms with E-state index < -0.39 is 0 Å². The maximum Gasteiger partial charge on any atom is 0.126 e. The summed E-state index contributed by atoms with van der Waals surface area (Å²) < 4.78 is 0. The van der Waals surface area contributed by atoms with Gasteiger partial charge in [0.15, 0.2) is 0 Å². The van der Waals surface area contributed by atoms with E-state index in [1.54, 1.807) is 6.07 Å². The highest BCUT2D eigenvalue weighted by atomic mass is 35.5. The van der Waals surface area contributed by atoms with Gasteiger partial charge in [-0.2, -0.15) is 0 Å². The Hall–Kier alpha value is -1.22. The maximum atomic E-state index is 7.73. The van der Waals surface area contributed by atoms with Gasteiger partial charge in [-0.25, -0.2) is 0 Å². The van der Waals surface area contributed by atoms with Crippen molar-refractivity contribution in [1.82, 2.24) is 0 Å². The van der Waals surface area contributed by atoms with Gasteiger partial charge < -0.3 is 10.6 Å². The molecule has 1 aliphatic heterocycles. The largest absolute Gasteiger partial charge is 0.384 e. The topological polar surface area (TPSA) is 53.1 Å². The Morgan fingerprint density at radius 3 is 2.89 bits per heavy atom. The van der Waals surface area contributed by atoms with Crippen LogP contribution in [0.1, 0.15) is 38.2 Å². The van der Waals surface area contributed by atoms with Crippen molar-refractivity contribution in [3.05, 3.63) is 28.8 Å². The minimum atomic E-state index is 0.0527. The minimum absolute atomic E-state index is 0.0527. The molecule has 4 heteroatoms. The lowest BCUT2D eigenvalue weighted by atomic mass is 9.98. The van der Waals surface area contributed by atoms with Crippen molar-refractivity contribution in [3.8, 4) is 0 Å². The number of hydrogen-bond donors (Lipinski definition) is 2. The van der Waals surface area contributed by atoms with Gasteiger partial charge in [-0.05, 0) is 37.3 Å². The van der Waals surface area contributed by atoms with Crippen LogP contribution in [0.5, 0.6) is 0 Å². The number of nitrogens with two attached hydrogens (primary N) is 1. The fourth-order valence-corrected chi connectivity index (χ4v) is 3.13. The van der Waals surface area contributed by atoms with Crippen LogP contribution in [0.4, 0.5) is 5.69 Å². The van der Waals surface area contributed by atoms with Crippen LogP contribution in [-0.2, 0) is 0 Å². The van der Waals surface area contributed by atoms with Crippen molar-refractivity contribution in [3.63, 3.8) is 0 Å². The molecule has 104 valence electrons. The summed E-state index contributed by atoms with van der Waals surface area (Å²) in [5.74, 6) is 0.877. The molecule has 2 rings (SSSR count). The van der Waals surface area contributed by atoms with Crippen LogP contribution in [0, 0.1) is 11.3 Å². The van der Waals surface area contributed by atoms with E-state index in [0.29, 0.717) is 10.6 Å². The number of nitrogen functional groups attached to an aromatic ring is 1. The first-order valence-corrected chi connectivity index (χ1v) is 7.39. The van der Waals surface area contributed by atoms with E-state index in [1.807, 2.05) is 12.1 Å². The third kappa shape index (κ3) is 3.21. The SMILES string of the molecule is CCC1CCCN(c2cccc(Cl)c2C(=N)N)CC1.